The molecule has 1 aromatic rings. The third kappa shape index (κ3) is 5.79. The molecule has 0 spiro atoms. The molecule has 0 aliphatic carbocycles. The van der Waals surface area contributed by atoms with Gasteiger partial charge in [-0.3, -0.25) is 4.79 Å². The Labute approximate surface area is 107 Å². The van der Waals surface area contributed by atoms with Crippen molar-refractivity contribution < 1.29 is 4.79 Å². The van der Waals surface area contributed by atoms with Crippen LogP contribution in [0.25, 0.3) is 0 Å². The number of carbonyl (C=O) groups is 1. The van der Waals surface area contributed by atoms with E-state index in [0.29, 0.717) is 13.0 Å². The Kier molecular flexibility index (Phi) is 6.81. The van der Waals surface area contributed by atoms with Crippen LogP contribution >= 0.6 is 11.3 Å². The number of hydrogen-bond donors (Lipinski definition) is 2. The maximum atomic E-state index is 11.4. The summed E-state index contributed by atoms with van der Waals surface area (Å²) >= 11 is 1.73. The Morgan fingerprint density at radius 3 is 2.94 bits per heavy atom. The molecule has 0 aromatic carbocycles. The number of carbonyl (C=O) groups excluding carboxylic acids is 1. The molecule has 96 valence electrons. The zero-order valence-electron chi connectivity index (χ0n) is 10.6. The number of nitrogens with one attached hydrogen (secondary N) is 2. The number of thiazole rings is 1. The zero-order chi connectivity index (χ0) is 12.5. The maximum absolute atomic E-state index is 11.4. The lowest BCUT2D eigenvalue weighted by atomic mass is 10.3. The highest BCUT2D eigenvalue weighted by atomic mass is 32.1. The van der Waals surface area contributed by atoms with E-state index in [-0.39, 0.29) is 5.91 Å². The first kappa shape index (κ1) is 14.1. The minimum atomic E-state index is 0.132. The van der Waals surface area contributed by atoms with E-state index in [4.69, 9.17) is 0 Å². The summed E-state index contributed by atoms with van der Waals surface area (Å²) in [4.78, 5) is 17.0. The van der Waals surface area contributed by atoms with Crippen LogP contribution in [-0.4, -0.2) is 31.0 Å². The molecule has 1 amide bonds. The first-order valence-electron chi connectivity index (χ1n) is 6.11. The van der Waals surface area contributed by atoms with Gasteiger partial charge < -0.3 is 10.6 Å². The van der Waals surface area contributed by atoms with Gasteiger partial charge >= 0.3 is 0 Å². The molecule has 2 N–H and O–H groups in total. The minimum Gasteiger partial charge on any atom is -0.356 e. The fourth-order valence-electron chi connectivity index (χ4n) is 1.45. The Bertz CT molecular complexity index is 338. The second kappa shape index (κ2) is 8.20. The van der Waals surface area contributed by atoms with Gasteiger partial charge in [-0.05, 0) is 26.4 Å². The molecule has 1 rings (SSSR count). The summed E-state index contributed by atoms with van der Waals surface area (Å²) in [7, 11) is 1.89. The molecular formula is C12H21N3OS. The third-order valence-electron chi connectivity index (χ3n) is 2.44. The van der Waals surface area contributed by atoms with Crippen molar-refractivity contribution in [2.45, 2.75) is 32.6 Å². The van der Waals surface area contributed by atoms with Gasteiger partial charge in [0.1, 0.15) is 0 Å². The van der Waals surface area contributed by atoms with Crippen molar-refractivity contribution in [1.29, 1.82) is 0 Å². The van der Waals surface area contributed by atoms with Gasteiger partial charge in [0.15, 0.2) is 0 Å². The zero-order valence-corrected chi connectivity index (χ0v) is 11.4. The van der Waals surface area contributed by atoms with Crippen molar-refractivity contribution in [2.24, 2.45) is 0 Å². The highest BCUT2D eigenvalue weighted by molar-refractivity contribution is 7.11. The van der Waals surface area contributed by atoms with Crippen LogP contribution in [0.5, 0.6) is 0 Å². The summed E-state index contributed by atoms with van der Waals surface area (Å²) in [6.07, 6.45) is 5.28. The van der Waals surface area contributed by atoms with E-state index in [1.165, 1.54) is 4.88 Å². The minimum absolute atomic E-state index is 0.132. The Balaban J connectivity index is 2.12. The van der Waals surface area contributed by atoms with E-state index < -0.39 is 0 Å². The first-order chi connectivity index (χ1) is 8.26. The van der Waals surface area contributed by atoms with Crippen LogP contribution in [0.2, 0.25) is 0 Å². The Morgan fingerprint density at radius 2 is 2.29 bits per heavy atom. The van der Waals surface area contributed by atoms with E-state index in [9.17, 15) is 4.79 Å². The third-order valence-corrected chi connectivity index (χ3v) is 3.64. The molecule has 0 radical (unpaired) electrons. The smallest absolute Gasteiger partial charge is 0.220 e. The van der Waals surface area contributed by atoms with Crippen molar-refractivity contribution in [3.05, 3.63) is 16.1 Å². The lowest BCUT2D eigenvalue weighted by Gasteiger charge is -2.03. The summed E-state index contributed by atoms with van der Waals surface area (Å²) in [6, 6.07) is 0. The van der Waals surface area contributed by atoms with Gasteiger partial charge in [0.25, 0.3) is 0 Å². The van der Waals surface area contributed by atoms with Crippen LogP contribution in [0, 0.1) is 0 Å². The number of aromatic nitrogens is 1. The van der Waals surface area contributed by atoms with Gasteiger partial charge in [-0.2, -0.15) is 0 Å². The molecule has 5 heteroatoms. The second-order valence-corrected chi connectivity index (χ2v) is 5.08. The number of nitrogens with zero attached hydrogens (tertiary/aromatic N) is 1. The van der Waals surface area contributed by atoms with Crippen molar-refractivity contribution in [2.75, 3.05) is 20.1 Å². The molecule has 0 atom stereocenters. The van der Waals surface area contributed by atoms with E-state index in [1.54, 1.807) is 11.3 Å². The normalized spacial score (nSPS) is 10.5. The van der Waals surface area contributed by atoms with Crippen molar-refractivity contribution in [3.63, 3.8) is 0 Å². The second-order valence-electron chi connectivity index (χ2n) is 3.88. The number of amides is 1. The van der Waals surface area contributed by atoms with Gasteiger partial charge in [-0.25, -0.2) is 4.98 Å². The number of rotatable bonds is 8. The lowest BCUT2D eigenvalue weighted by molar-refractivity contribution is -0.121. The average molecular weight is 255 g/mol. The molecule has 1 heterocycles. The highest BCUT2D eigenvalue weighted by Gasteiger charge is 2.03. The predicted octanol–water partition coefficient (Wildman–Crippen LogP) is 1.36. The van der Waals surface area contributed by atoms with Crippen LogP contribution in [0.4, 0.5) is 0 Å². The van der Waals surface area contributed by atoms with Crippen LogP contribution in [0.15, 0.2) is 6.20 Å². The number of aryl methyl sites for hydroxylation is 1. The summed E-state index contributed by atoms with van der Waals surface area (Å²) in [5, 5.41) is 7.05. The molecule has 0 bridgehead atoms. The monoisotopic (exact) mass is 255 g/mol. The van der Waals surface area contributed by atoms with Gasteiger partial charge in [0.2, 0.25) is 5.91 Å². The van der Waals surface area contributed by atoms with Crippen LogP contribution in [0.3, 0.4) is 0 Å². The van der Waals surface area contributed by atoms with E-state index in [0.717, 1.165) is 30.8 Å². The average Bonchev–Trinajstić information content (AvgIpc) is 2.77. The molecule has 4 nitrogen and oxygen atoms in total. The van der Waals surface area contributed by atoms with Crippen molar-refractivity contribution in [3.8, 4) is 0 Å². The van der Waals surface area contributed by atoms with E-state index >= 15 is 0 Å². The summed E-state index contributed by atoms with van der Waals surface area (Å²) in [5.41, 5.74) is 0. The molecule has 0 saturated carbocycles. The topological polar surface area (TPSA) is 54.0 Å². The first-order valence-corrected chi connectivity index (χ1v) is 6.92. The van der Waals surface area contributed by atoms with Crippen LogP contribution in [-0.2, 0) is 17.6 Å². The van der Waals surface area contributed by atoms with Gasteiger partial charge in [-0.1, -0.05) is 6.92 Å². The lowest BCUT2D eigenvalue weighted by Crippen LogP contribution is -2.26. The maximum Gasteiger partial charge on any atom is 0.220 e. The molecule has 0 fully saturated rings. The van der Waals surface area contributed by atoms with Gasteiger partial charge in [0, 0.05) is 30.5 Å². The van der Waals surface area contributed by atoms with Gasteiger partial charge in [0.05, 0.1) is 5.01 Å². The Hall–Kier alpha value is -0.940. The molecule has 0 aliphatic rings. The van der Waals surface area contributed by atoms with Crippen molar-refractivity contribution in [1.82, 2.24) is 15.6 Å². The standard InChI is InChI=1S/C12H21N3OS/c1-3-10-9-15-12(17-10)6-8-14-11(16)5-4-7-13-2/h9,13H,3-8H2,1-2H3,(H,14,16). The highest BCUT2D eigenvalue weighted by Crippen LogP contribution is 2.13. The predicted molar refractivity (Wildman–Crippen MR) is 71.4 cm³/mol. The van der Waals surface area contributed by atoms with E-state index in [1.807, 2.05) is 13.2 Å². The largest absolute Gasteiger partial charge is 0.356 e. The SMILES string of the molecule is CCc1cnc(CCNC(=O)CCCNC)s1. The quantitative estimate of drug-likeness (QED) is 0.690. The molecule has 0 aliphatic heterocycles. The number of hydrogen-bond acceptors (Lipinski definition) is 4. The Morgan fingerprint density at radius 1 is 1.47 bits per heavy atom. The van der Waals surface area contributed by atoms with Crippen LogP contribution in [0.1, 0.15) is 29.7 Å². The summed E-state index contributed by atoms with van der Waals surface area (Å²) in [6.45, 7) is 3.70. The summed E-state index contributed by atoms with van der Waals surface area (Å²) < 4.78 is 0. The van der Waals surface area contributed by atoms with E-state index in [2.05, 4.69) is 22.5 Å². The van der Waals surface area contributed by atoms with Gasteiger partial charge in [-0.15, -0.1) is 11.3 Å². The van der Waals surface area contributed by atoms with Crippen LogP contribution < -0.4 is 10.6 Å². The fraction of sp³-hybridized carbons (Fsp3) is 0.667. The van der Waals surface area contributed by atoms with Crippen molar-refractivity contribution >= 4 is 17.2 Å². The molecule has 1 aromatic heterocycles. The summed E-state index contributed by atoms with van der Waals surface area (Å²) in [5.74, 6) is 0.132. The molecular weight excluding hydrogens is 234 g/mol. The molecule has 0 unspecified atom stereocenters. The fourth-order valence-corrected chi connectivity index (χ4v) is 2.31. The molecule has 0 saturated heterocycles. The molecule has 17 heavy (non-hydrogen) atoms.